The Labute approximate surface area is 116 Å². The molecule has 3 rings (SSSR count). The Morgan fingerprint density at radius 2 is 2.26 bits per heavy atom. The van der Waals surface area contributed by atoms with E-state index in [2.05, 4.69) is 30.4 Å². The topological polar surface area (TPSA) is 21.3 Å². The second-order valence-corrected chi connectivity index (χ2v) is 5.97. The van der Waals surface area contributed by atoms with Crippen LogP contribution in [0.1, 0.15) is 56.2 Å². The van der Waals surface area contributed by atoms with Gasteiger partial charge in [-0.15, -0.1) is 0 Å². The minimum absolute atomic E-state index is 0.505. The number of benzene rings is 1. The van der Waals surface area contributed by atoms with E-state index in [1.54, 1.807) is 0 Å². The Morgan fingerprint density at radius 3 is 3.05 bits per heavy atom. The third-order valence-electron chi connectivity index (χ3n) is 4.40. The lowest BCUT2D eigenvalue weighted by molar-refractivity contribution is 0.356. The van der Waals surface area contributed by atoms with Gasteiger partial charge >= 0.3 is 0 Å². The zero-order valence-electron chi connectivity index (χ0n) is 12.0. The van der Waals surface area contributed by atoms with Crippen molar-refractivity contribution in [3.8, 4) is 5.75 Å². The molecule has 1 atom stereocenters. The third-order valence-corrected chi connectivity index (χ3v) is 4.40. The Bertz CT molecular complexity index is 425. The van der Waals surface area contributed by atoms with Crippen LogP contribution >= 0.6 is 0 Å². The van der Waals surface area contributed by atoms with Crippen molar-refractivity contribution in [1.82, 2.24) is 5.32 Å². The van der Waals surface area contributed by atoms with Crippen molar-refractivity contribution in [2.24, 2.45) is 5.92 Å². The molecular weight excluding hydrogens is 234 g/mol. The molecule has 0 spiro atoms. The molecule has 1 aliphatic carbocycles. The maximum Gasteiger partial charge on any atom is 0.122 e. The van der Waals surface area contributed by atoms with Crippen LogP contribution in [0, 0.1) is 5.92 Å². The molecule has 19 heavy (non-hydrogen) atoms. The summed E-state index contributed by atoms with van der Waals surface area (Å²) in [5.41, 5.74) is 2.81. The Kier molecular flexibility index (Phi) is 4.07. The van der Waals surface area contributed by atoms with E-state index >= 15 is 0 Å². The van der Waals surface area contributed by atoms with E-state index in [1.807, 2.05) is 0 Å². The van der Waals surface area contributed by atoms with Crippen molar-refractivity contribution in [2.75, 3.05) is 13.2 Å². The van der Waals surface area contributed by atoms with E-state index < -0.39 is 0 Å². The number of rotatable bonds is 7. The summed E-state index contributed by atoms with van der Waals surface area (Å²) in [5, 5.41) is 3.72. The van der Waals surface area contributed by atoms with E-state index in [1.165, 1.54) is 36.8 Å². The summed E-state index contributed by atoms with van der Waals surface area (Å²) in [4.78, 5) is 0. The second kappa shape index (κ2) is 5.96. The van der Waals surface area contributed by atoms with Crippen LogP contribution in [0.3, 0.4) is 0 Å². The molecule has 0 aromatic heterocycles. The molecule has 0 saturated heterocycles. The molecular formula is C17H25NO. The van der Waals surface area contributed by atoms with Gasteiger partial charge in [-0.2, -0.15) is 0 Å². The van der Waals surface area contributed by atoms with Gasteiger partial charge < -0.3 is 10.1 Å². The van der Waals surface area contributed by atoms with Gasteiger partial charge in [0.05, 0.1) is 6.61 Å². The van der Waals surface area contributed by atoms with Gasteiger partial charge in [-0.05, 0) is 48.9 Å². The van der Waals surface area contributed by atoms with Crippen LogP contribution in [-0.4, -0.2) is 13.2 Å². The third kappa shape index (κ3) is 3.30. The summed E-state index contributed by atoms with van der Waals surface area (Å²) in [7, 11) is 0. The van der Waals surface area contributed by atoms with E-state index in [0.717, 1.165) is 37.7 Å². The van der Waals surface area contributed by atoms with Gasteiger partial charge in [0.15, 0.2) is 0 Å². The van der Waals surface area contributed by atoms with Crippen LogP contribution in [0.2, 0.25) is 0 Å². The molecule has 1 fully saturated rings. The minimum Gasteiger partial charge on any atom is -0.493 e. The summed E-state index contributed by atoms with van der Waals surface area (Å²) < 4.78 is 5.58. The second-order valence-electron chi connectivity index (χ2n) is 5.97. The maximum atomic E-state index is 5.58. The lowest BCUT2D eigenvalue weighted by Crippen LogP contribution is -2.22. The Hall–Kier alpha value is -1.02. The minimum atomic E-state index is 0.505. The van der Waals surface area contributed by atoms with Crippen LogP contribution in [0.4, 0.5) is 0 Å². The molecule has 1 heterocycles. The first-order valence-corrected chi connectivity index (χ1v) is 7.86. The van der Waals surface area contributed by atoms with E-state index in [-0.39, 0.29) is 0 Å². The van der Waals surface area contributed by atoms with Crippen LogP contribution in [0.25, 0.3) is 0 Å². The van der Waals surface area contributed by atoms with E-state index in [9.17, 15) is 0 Å². The zero-order chi connectivity index (χ0) is 13.1. The highest BCUT2D eigenvalue weighted by atomic mass is 16.5. The smallest absolute Gasteiger partial charge is 0.122 e. The fourth-order valence-corrected chi connectivity index (χ4v) is 2.99. The molecule has 1 N–H and O–H groups in total. The number of nitrogens with one attached hydrogen (secondary N) is 1. The molecule has 2 aliphatic rings. The van der Waals surface area contributed by atoms with Crippen molar-refractivity contribution < 1.29 is 4.74 Å². The van der Waals surface area contributed by atoms with Crippen molar-refractivity contribution in [3.05, 3.63) is 29.3 Å². The molecule has 1 aliphatic heterocycles. The molecule has 0 amide bonds. The predicted octanol–water partition coefficient (Wildman–Crippen LogP) is 3.85. The fourth-order valence-electron chi connectivity index (χ4n) is 2.99. The summed E-state index contributed by atoms with van der Waals surface area (Å²) in [6, 6.07) is 7.22. The number of hydrogen-bond acceptors (Lipinski definition) is 2. The largest absolute Gasteiger partial charge is 0.493 e. The molecule has 2 nitrogen and oxygen atoms in total. The summed E-state index contributed by atoms with van der Waals surface area (Å²) >= 11 is 0. The number of hydrogen-bond donors (Lipinski definition) is 1. The van der Waals surface area contributed by atoms with Gasteiger partial charge in [-0.3, -0.25) is 0 Å². The highest BCUT2D eigenvalue weighted by Gasteiger charge is 2.20. The van der Waals surface area contributed by atoms with Gasteiger partial charge in [0.2, 0.25) is 0 Å². The Balaban J connectivity index is 1.54. The molecule has 0 bridgehead atoms. The van der Waals surface area contributed by atoms with Gasteiger partial charge in [-0.1, -0.05) is 31.9 Å². The highest BCUT2D eigenvalue weighted by Crippen LogP contribution is 2.33. The molecule has 1 saturated carbocycles. The van der Waals surface area contributed by atoms with Crippen molar-refractivity contribution in [1.29, 1.82) is 0 Å². The van der Waals surface area contributed by atoms with Gasteiger partial charge in [-0.25, -0.2) is 0 Å². The fraction of sp³-hybridized carbons (Fsp3) is 0.647. The number of ether oxygens (including phenoxy) is 1. The van der Waals surface area contributed by atoms with E-state index in [4.69, 9.17) is 4.74 Å². The lowest BCUT2D eigenvalue weighted by atomic mass is 10.0. The van der Waals surface area contributed by atoms with E-state index in [0.29, 0.717) is 6.04 Å². The van der Waals surface area contributed by atoms with Crippen molar-refractivity contribution in [2.45, 2.75) is 51.5 Å². The predicted molar refractivity (Wildman–Crippen MR) is 78.6 cm³/mol. The molecule has 1 aromatic rings. The zero-order valence-corrected chi connectivity index (χ0v) is 12.0. The standard InChI is InChI=1S/C17H25NO/c1-2-16(18-10-3-4-13-5-6-13)14-7-8-17-15(12-14)9-11-19-17/h7-8,12-13,16,18H,2-6,9-11H2,1H3. The Morgan fingerprint density at radius 1 is 1.37 bits per heavy atom. The highest BCUT2D eigenvalue weighted by molar-refractivity contribution is 5.40. The summed E-state index contributed by atoms with van der Waals surface area (Å²) in [6.45, 7) is 4.27. The van der Waals surface area contributed by atoms with Gasteiger partial charge in [0, 0.05) is 12.5 Å². The van der Waals surface area contributed by atoms with Crippen LogP contribution in [0.15, 0.2) is 18.2 Å². The SMILES string of the molecule is CCC(NCCCC1CC1)c1ccc2c(c1)CCO2. The quantitative estimate of drug-likeness (QED) is 0.751. The van der Waals surface area contributed by atoms with Crippen molar-refractivity contribution in [3.63, 3.8) is 0 Å². The summed E-state index contributed by atoms with van der Waals surface area (Å²) in [5.74, 6) is 2.14. The molecule has 0 radical (unpaired) electrons. The molecule has 1 aromatic carbocycles. The molecule has 2 heteroatoms. The first-order valence-electron chi connectivity index (χ1n) is 7.86. The van der Waals surface area contributed by atoms with Gasteiger partial charge in [0.1, 0.15) is 5.75 Å². The first kappa shape index (κ1) is 13.0. The van der Waals surface area contributed by atoms with Crippen LogP contribution in [0.5, 0.6) is 5.75 Å². The lowest BCUT2D eigenvalue weighted by Gasteiger charge is -2.18. The number of fused-ring (bicyclic) bond motifs is 1. The summed E-state index contributed by atoms with van der Waals surface area (Å²) in [6.07, 6.45) is 7.92. The first-order chi connectivity index (χ1) is 9.36. The average molecular weight is 259 g/mol. The monoisotopic (exact) mass is 259 g/mol. The van der Waals surface area contributed by atoms with Crippen molar-refractivity contribution >= 4 is 0 Å². The van der Waals surface area contributed by atoms with Crippen LogP contribution < -0.4 is 10.1 Å². The molecule has 104 valence electrons. The van der Waals surface area contributed by atoms with Crippen LogP contribution in [-0.2, 0) is 6.42 Å². The normalized spacial score (nSPS) is 19.0. The molecule has 1 unspecified atom stereocenters. The maximum absolute atomic E-state index is 5.58. The van der Waals surface area contributed by atoms with Gasteiger partial charge in [0.25, 0.3) is 0 Å². The average Bonchev–Trinajstić information content (AvgIpc) is 3.14.